The third kappa shape index (κ3) is 5.96. The Kier molecular flexibility index (Phi) is 9.90. The normalized spacial score (nSPS) is 11.1. The van der Waals surface area contributed by atoms with Gasteiger partial charge in [-0.25, -0.2) is 0 Å². The first kappa shape index (κ1) is 19.0. The Morgan fingerprint density at radius 3 is 1.14 bits per heavy atom. The molecule has 1 aromatic rings. The van der Waals surface area contributed by atoms with Crippen molar-refractivity contribution in [3.05, 3.63) is 22.5 Å². The third-order valence-electron chi connectivity index (χ3n) is 3.67. The van der Waals surface area contributed by atoms with Crippen LogP contribution in [0.2, 0.25) is 0 Å². The van der Waals surface area contributed by atoms with Gasteiger partial charge in [-0.15, -0.1) is 0 Å². The number of aryl methyl sites for hydroxylation is 2. The first-order valence-electron chi connectivity index (χ1n) is 8.08. The molecule has 1 aromatic heterocycles. The molecule has 22 heavy (non-hydrogen) atoms. The Bertz CT molecular complexity index is 388. The zero-order valence-corrected chi connectivity index (χ0v) is 13.2. The van der Waals surface area contributed by atoms with E-state index in [1.807, 2.05) is 0 Å². The van der Waals surface area contributed by atoms with Crippen LogP contribution in [0.5, 0.6) is 0 Å². The second-order valence-corrected chi connectivity index (χ2v) is 5.36. The van der Waals surface area contributed by atoms with E-state index in [1.54, 1.807) is 0 Å². The molecule has 0 atom stereocenters. The van der Waals surface area contributed by atoms with Gasteiger partial charge in [-0.2, -0.15) is 10.2 Å². The van der Waals surface area contributed by atoms with Gasteiger partial charge in [0.25, 0.3) is 0 Å². The molecule has 0 aliphatic heterocycles. The average Bonchev–Trinajstić information content (AvgIpc) is 2.55. The van der Waals surface area contributed by atoms with Crippen LogP contribution in [-0.2, 0) is 25.7 Å². The number of aliphatic hydroxyl groups excluding tert-OH is 4. The molecule has 0 aliphatic carbocycles. The number of aliphatic hydroxyl groups is 4. The van der Waals surface area contributed by atoms with Crippen molar-refractivity contribution in [2.45, 2.75) is 51.4 Å². The molecule has 1 rings (SSSR count). The van der Waals surface area contributed by atoms with Gasteiger partial charge in [-0.05, 0) is 62.5 Å². The highest BCUT2D eigenvalue weighted by molar-refractivity contribution is 5.34. The maximum atomic E-state index is 9.12. The average molecular weight is 312 g/mol. The number of nitrogens with zero attached hydrogens (tertiary/aromatic N) is 2. The van der Waals surface area contributed by atoms with Crippen LogP contribution in [-0.4, -0.2) is 57.1 Å². The number of aromatic nitrogens is 2. The van der Waals surface area contributed by atoms with Crippen molar-refractivity contribution < 1.29 is 20.4 Å². The fourth-order valence-electron chi connectivity index (χ4n) is 2.59. The summed E-state index contributed by atoms with van der Waals surface area (Å²) >= 11 is 0. The fourth-order valence-corrected chi connectivity index (χ4v) is 2.59. The molecule has 0 amide bonds. The van der Waals surface area contributed by atoms with E-state index >= 15 is 0 Å². The van der Waals surface area contributed by atoms with Gasteiger partial charge in [-0.3, -0.25) is 0 Å². The van der Waals surface area contributed by atoms with Crippen LogP contribution in [0.25, 0.3) is 0 Å². The van der Waals surface area contributed by atoms with E-state index in [0.29, 0.717) is 38.5 Å². The van der Waals surface area contributed by atoms with E-state index in [-0.39, 0.29) is 26.4 Å². The standard InChI is InChI=1S/C16H28N2O4/c19-9-1-5-13-14(6-2-10-20)16(8-4-12-22)18-17-15(13)7-3-11-21/h19-22H,1-12H2. The molecule has 0 spiro atoms. The summed E-state index contributed by atoms with van der Waals surface area (Å²) in [5, 5.41) is 44.9. The van der Waals surface area contributed by atoms with Crippen LogP contribution in [0.4, 0.5) is 0 Å². The number of hydrogen-bond acceptors (Lipinski definition) is 6. The molecule has 1 heterocycles. The highest BCUT2D eigenvalue weighted by Crippen LogP contribution is 2.21. The van der Waals surface area contributed by atoms with Crippen molar-refractivity contribution in [1.82, 2.24) is 10.2 Å². The first-order chi connectivity index (χ1) is 10.8. The van der Waals surface area contributed by atoms with Crippen LogP contribution in [0, 0.1) is 0 Å². The van der Waals surface area contributed by atoms with Gasteiger partial charge in [-0.1, -0.05) is 0 Å². The Balaban J connectivity index is 3.11. The van der Waals surface area contributed by atoms with Crippen LogP contribution in [0.15, 0.2) is 0 Å². The zero-order chi connectivity index (χ0) is 16.2. The summed E-state index contributed by atoms with van der Waals surface area (Å²) in [4.78, 5) is 0. The molecule has 126 valence electrons. The Morgan fingerprint density at radius 1 is 0.500 bits per heavy atom. The quantitative estimate of drug-likeness (QED) is 0.438. The predicted molar refractivity (Wildman–Crippen MR) is 83.7 cm³/mol. The summed E-state index contributed by atoms with van der Waals surface area (Å²) < 4.78 is 0. The van der Waals surface area contributed by atoms with Gasteiger partial charge in [0.15, 0.2) is 0 Å². The minimum absolute atomic E-state index is 0.110. The largest absolute Gasteiger partial charge is 0.396 e. The monoisotopic (exact) mass is 312 g/mol. The highest BCUT2D eigenvalue weighted by atomic mass is 16.3. The molecule has 0 fully saturated rings. The van der Waals surface area contributed by atoms with Gasteiger partial charge < -0.3 is 20.4 Å². The molecular weight excluding hydrogens is 284 g/mol. The molecule has 0 aromatic carbocycles. The molecule has 6 nitrogen and oxygen atoms in total. The lowest BCUT2D eigenvalue weighted by Gasteiger charge is -2.16. The van der Waals surface area contributed by atoms with Crippen molar-refractivity contribution in [3.8, 4) is 0 Å². The lowest BCUT2D eigenvalue weighted by molar-refractivity contribution is 0.282. The second kappa shape index (κ2) is 11.5. The zero-order valence-electron chi connectivity index (χ0n) is 13.2. The molecule has 0 unspecified atom stereocenters. The van der Waals surface area contributed by atoms with Crippen molar-refractivity contribution in [1.29, 1.82) is 0 Å². The van der Waals surface area contributed by atoms with Crippen LogP contribution >= 0.6 is 0 Å². The minimum Gasteiger partial charge on any atom is -0.396 e. The van der Waals surface area contributed by atoms with E-state index in [4.69, 9.17) is 20.4 Å². The van der Waals surface area contributed by atoms with Crippen LogP contribution < -0.4 is 0 Å². The number of hydrogen-bond donors (Lipinski definition) is 4. The molecule has 0 radical (unpaired) electrons. The summed E-state index contributed by atoms with van der Waals surface area (Å²) in [6.45, 7) is 0.457. The van der Waals surface area contributed by atoms with Crippen LogP contribution in [0.1, 0.15) is 48.2 Å². The molecular formula is C16H28N2O4. The second-order valence-electron chi connectivity index (χ2n) is 5.36. The van der Waals surface area contributed by atoms with Gasteiger partial charge >= 0.3 is 0 Å². The van der Waals surface area contributed by atoms with Gasteiger partial charge in [0.2, 0.25) is 0 Å². The van der Waals surface area contributed by atoms with E-state index in [2.05, 4.69) is 10.2 Å². The Hall–Kier alpha value is -1.08. The van der Waals surface area contributed by atoms with Crippen LogP contribution in [0.3, 0.4) is 0 Å². The van der Waals surface area contributed by atoms with Gasteiger partial charge in [0, 0.05) is 26.4 Å². The fraction of sp³-hybridized carbons (Fsp3) is 0.750. The predicted octanol–water partition coefficient (Wildman–Crippen LogP) is 0.176. The van der Waals surface area contributed by atoms with Gasteiger partial charge in [0.05, 0.1) is 11.4 Å². The van der Waals surface area contributed by atoms with Crippen molar-refractivity contribution in [2.24, 2.45) is 0 Å². The Labute approximate surface area is 131 Å². The molecule has 6 heteroatoms. The maximum absolute atomic E-state index is 9.12. The SMILES string of the molecule is OCCCc1nnc(CCCO)c(CCCO)c1CCCO. The smallest absolute Gasteiger partial charge is 0.0666 e. The molecule has 0 saturated heterocycles. The topological polar surface area (TPSA) is 107 Å². The van der Waals surface area contributed by atoms with Crippen molar-refractivity contribution in [2.75, 3.05) is 26.4 Å². The molecule has 0 aliphatic rings. The lowest BCUT2D eigenvalue weighted by atomic mass is 9.93. The van der Waals surface area contributed by atoms with E-state index in [9.17, 15) is 0 Å². The third-order valence-corrected chi connectivity index (χ3v) is 3.67. The molecule has 0 saturated carbocycles. The molecule has 0 bridgehead atoms. The van der Waals surface area contributed by atoms with E-state index in [0.717, 1.165) is 35.4 Å². The minimum atomic E-state index is 0.110. The Morgan fingerprint density at radius 2 is 0.818 bits per heavy atom. The molecule has 4 N–H and O–H groups in total. The summed E-state index contributed by atoms with van der Waals surface area (Å²) in [7, 11) is 0. The first-order valence-corrected chi connectivity index (χ1v) is 8.08. The van der Waals surface area contributed by atoms with Gasteiger partial charge in [0.1, 0.15) is 0 Å². The number of rotatable bonds is 12. The maximum Gasteiger partial charge on any atom is 0.0666 e. The van der Waals surface area contributed by atoms with E-state index in [1.165, 1.54) is 0 Å². The summed E-state index contributed by atoms with van der Waals surface area (Å²) in [6, 6.07) is 0. The summed E-state index contributed by atoms with van der Waals surface area (Å²) in [5.41, 5.74) is 3.95. The van der Waals surface area contributed by atoms with Crippen molar-refractivity contribution in [3.63, 3.8) is 0 Å². The summed E-state index contributed by atoms with van der Waals surface area (Å²) in [6.07, 6.45) is 5.35. The van der Waals surface area contributed by atoms with Crippen molar-refractivity contribution >= 4 is 0 Å². The highest BCUT2D eigenvalue weighted by Gasteiger charge is 2.15. The lowest BCUT2D eigenvalue weighted by Crippen LogP contribution is -2.13. The van der Waals surface area contributed by atoms with E-state index < -0.39 is 0 Å². The summed E-state index contributed by atoms with van der Waals surface area (Å²) in [5.74, 6) is 0.